The van der Waals surface area contributed by atoms with Crippen molar-refractivity contribution in [2.45, 2.75) is 45.7 Å². The zero-order valence-corrected chi connectivity index (χ0v) is 22.3. The van der Waals surface area contributed by atoms with Crippen molar-refractivity contribution in [1.29, 1.82) is 0 Å². The quantitative estimate of drug-likeness (QED) is 0.314. The van der Waals surface area contributed by atoms with Gasteiger partial charge in [-0.3, -0.25) is 9.59 Å². The number of pyridine rings is 1. The van der Waals surface area contributed by atoms with Gasteiger partial charge in [0.05, 0.1) is 16.7 Å². The number of fused-ring (bicyclic) bond motifs is 2. The Labute approximate surface area is 226 Å². The standard InChI is InChI=1S/C30H33FN6O2/c1-18-13-22(31)6-5-20(18)14-19(2)33-24-7-8-32-29(38)27(24)28-34-25-15-21-17-37(12-11-36-9-3-4-10-36)30(39)23(21)16-26(25)35-28/h5-8,13,15-16,19H,3-4,9-12,14,17H2,1-2H3,(H,34,35)(H2,32,33,38)/t19-/m0/s1. The Hall–Kier alpha value is -3.98. The summed E-state index contributed by atoms with van der Waals surface area (Å²) in [4.78, 5) is 41.2. The van der Waals surface area contributed by atoms with E-state index in [-0.39, 0.29) is 23.3 Å². The lowest BCUT2D eigenvalue weighted by Gasteiger charge is -2.20. The molecule has 2 aromatic carbocycles. The number of H-pyrrole nitrogens is 2. The summed E-state index contributed by atoms with van der Waals surface area (Å²) in [7, 11) is 0. The van der Waals surface area contributed by atoms with Gasteiger partial charge in [-0.25, -0.2) is 9.37 Å². The number of hydrogen-bond acceptors (Lipinski definition) is 5. The van der Waals surface area contributed by atoms with E-state index in [4.69, 9.17) is 4.98 Å². The number of rotatable bonds is 8. The van der Waals surface area contributed by atoms with E-state index in [0.29, 0.717) is 35.6 Å². The number of aryl methyl sites for hydroxylation is 1. The molecule has 0 unspecified atom stereocenters. The van der Waals surface area contributed by atoms with E-state index in [2.05, 4.69) is 20.2 Å². The van der Waals surface area contributed by atoms with Gasteiger partial charge in [-0.15, -0.1) is 0 Å². The van der Waals surface area contributed by atoms with Crippen molar-refractivity contribution in [2.24, 2.45) is 0 Å². The zero-order valence-electron chi connectivity index (χ0n) is 22.3. The fourth-order valence-electron chi connectivity index (χ4n) is 5.81. The third-order valence-corrected chi connectivity index (χ3v) is 7.90. The smallest absolute Gasteiger partial charge is 0.261 e. The third-order valence-electron chi connectivity index (χ3n) is 7.90. The first-order valence-electron chi connectivity index (χ1n) is 13.6. The zero-order chi connectivity index (χ0) is 27.1. The molecule has 0 saturated carbocycles. The Kier molecular flexibility index (Phi) is 6.68. The predicted molar refractivity (Wildman–Crippen MR) is 150 cm³/mol. The molecule has 1 amide bonds. The van der Waals surface area contributed by atoms with Crippen molar-refractivity contribution in [3.63, 3.8) is 0 Å². The number of hydrogen-bond donors (Lipinski definition) is 3. The minimum absolute atomic E-state index is 0.0212. The number of nitrogens with zero attached hydrogens (tertiary/aromatic N) is 3. The van der Waals surface area contributed by atoms with Crippen LogP contribution in [-0.4, -0.2) is 62.9 Å². The number of amides is 1. The van der Waals surface area contributed by atoms with E-state index in [1.165, 1.54) is 25.0 Å². The maximum atomic E-state index is 13.5. The van der Waals surface area contributed by atoms with Gasteiger partial charge in [0.25, 0.3) is 11.5 Å². The second-order valence-electron chi connectivity index (χ2n) is 10.8. The van der Waals surface area contributed by atoms with Crippen LogP contribution in [0.4, 0.5) is 10.1 Å². The van der Waals surface area contributed by atoms with Gasteiger partial charge in [0.2, 0.25) is 0 Å². The van der Waals surface area contributed by atoms with Crippen molar-refractivity contribution < 1.29 is 9.18 Å². The molecule has 39 heavy (non-hydrogen) atoms. The molecule has 3 N–H and O–H groups in total. The number of carbonyl (C=O) groups is 1. The lowest BCUT2D eigenvalue weighted by molar-refractivity contribution is 0.0763. The van der Waals surface area contributed by atoms with Gasteiger partial charge in [0.15, 0.2) is 0 Å². The molecule has 2 aliphatic rings. The van der Waals surface area contributed by atoms with Crippen molar-refractivity contribution >= 4 is 22.6 Å². The first kappa shape index (κ1) is 25.3. The number of aromatic amines is 2. The molecule has 0 bridgehead atoms. The summed E-state index contributed by atoms with van der Waals surface area (Å²) in [6, 6.07) is 10.4. The Balaban J connectivity index is 1.23. The average molecular weight is 529 g/mol. The number of likely N-dealkylation sites (tertiary alicyclic amines) is 1. The highest BCUT2D eigenvalue weighted by atomic mass is 19.1. The molecule has 0 spiro atoms. The van der Waals surface area contributed by atoms with E-state index < -0.39 is 0 Å². The SMILES string of the molecule is Cc1cc(F)ccc1C[C@H](C)Nc1cc[nH]c(=O)c1-c1nc2cc3c(cc2[nH]1)C(=O)N(CCN1CCCC1)C3. The maximum absolute atomic E-state index is 13.5. The van der Waals surface area contributed by atoms with Gasteiger partial charge < -0.3 is 25.1 Å². The van der Waals surface area contributed by atoms with Crippen molar-refractivity contribution in [2.75, 3.05) is 31.5 Å². The van der Waals surface area contributed by atoms with Crippen LogP contribution in [0.25, 0.3) is 22.4 Å². The molecule has 202 valence electrons. The number of imidazole rings is 1. The molecule has 1 atom stereocenters. The highest BCUT2D eigenvalue weighted by molar-refractivity contribution is 6.02. The van der Waals surface area contributed by atoms with Crippen LogP contribution < -0.4 is 10.9 Å². The molecular formula is C30H33FN6O2. The summed E-state index contributed by atoms with van der Waals surface area (Å²) < 4.78 is 13.5. The molecule has 1 fully saturated rings. The summed E-state index contributed by atoms with van der Waals surface area (Å²) in [6.07, 6.45) is 4.75. The van der Waals surface area contributed by atoms with Crippen molar-refractivity contribution in [3.8, 4) is 11.4 Å². The van der Waals surface area contributed by atoms with Gasteiger partial charge >= 0.3 is 0 Å². The second-order valence-corrected chi connectivity index (χ2v) is 10.8. The molecule has 6 rings (SSSR count). The van der Waals surface area contributed by atoms with Crippen LogP contribution in [0.15, 0.2) is 47.4 Å². The summed E-state index contributed by atoms with van der Waals surface area (Å²) in [5.41, 5.74) is 5.85. The van der Waals surface area contributed by atoms with E-state index in [1.807, 2.05) is 36.9 Å². The minimum atomic E-state index is -0.263. The number of aromatic nitrogens is 3. The largest absolute Gasteiger partial charge is 0.381 e. The average Bonchev–Trinajstić information content (AvgIpc) is 3.63. The van der Waals surface area contributed by atoms with Gasteiger partial charge in [0.1, 0.15) is 17.2 Å². The molecule has 2 aromatic heterocycles. The van der Waals surface area contributed by atoms with Crippen LogP contribution in [0.2, 0.25) is 0 Å². The minimum Gasteiger partial charge on any atom is -0.381 e. The molecule has 1 saturated heterocycles. The van der Waals surface area contributed by atoms with Crippen LogP contribution in [0.3, 0.4) is 0 Å². The van der Waals surface area contributed by atoms with Crippen LogP contribution in [0, 0.1) is 12.7 Å². The summed E-state index contributed by atoms with van der Waals surface area (Å²) in [5.74, 6) is 0.245. The van der Waals surface area contributed by atoms with E-state index in [0.717, 1.165) is 53.9 Å². The number of nitrogens with one attached hydrogen (secondary N) is 3. The predicted octanol–water partition coefficient (Wildman–Crippen LogP) is 4.46. The van der Waals surface area contributed by atoms with E-state index in [9.17, 15) is 14.0 Å². The molecule has 0 radical (unpaired) electrons. The Morgan fingerprint density at radius 3 is 2.72 bits per heavy atom. The Morgan fingerprint density at radius 1 is 1.10 bits per heavy atom. The van der Waals surface area contributed by atoms with Gasteiger partial charge in [-0.1, -0.05) is 6.07 Å². The van der Waals surface area contributed by atoms with Gasteiger partial charge in [0, 0.05) is 37.4 Å². The second kappa shape index (κ2) is 10.3. The monoisotopic (exact) mass is 528 g/mol. The van der Waals surface area contributed by atoms with Crippen LogP contribution in [0.5, 0.6) is 0 Å². The molecule has 4 heterocycles. The lowest BCUT2D eigenvalue weighted by atomic mass is 10.0. The highest BCUT2D eigenvalue weighted by Crippen LogP contribution is 2.30. The first-order valence-corrected chi connectivity index (χ1v) is 13.6. The van der Waals surface area contributed by atoms with Crippen LogP contribution in [-0.2, 0) is 13.0 Å². The fraction of sp³-hybridized carbons (Fsp3) is 0.367. The molecular weight excluding hydrogens is 495 g/mol. The summed E-state index contributed by atoms with van der Waals surface area (Å²) in [5, 5.41) is 3.44. The lowest BCUT2D eigenvalue weighted by Crippen LogP contribution is -2.33. The fourth-order valence-corrected chi connectivity index (χ4v) is 5.81. The number of anilines is 1. The maximum Gasteiger partial charge on any atom is 0.261 e. The van der Waals surface area contributed by atoms with Crippen molar-refractivity contribution in [1.82, 2.24) is 24.8 Å². The molecule has 2 aliphatic heterocycles. The highest BCUT2D eigenvalue weighted by Gasteiger charge is 2.29. The number of halogens is 1. The number of benzene rings is 2. The van der Waals surface area contributed by atoms with Crippen molar-refractivity contribution in [3.05, 3.63) is 81.0 Å². The van der Waals surface area contributed by atoms with E-state index in [1.54, 1.807) is 12.3 Å². The third kappa shape index (κ3) is 5.06. The first-order chi connectivity index (χ1) is 18.9. The van der Waals surface area contributed by atoms with Crippen LogP contribution >= 0.6 is 0 Å². The van der Waals surface area contributed by atoms with Gasteiger partial charge in [-0.05, 0) is 93.2 Å². The van der Waals surface area contributed by atoms with Crippen LogP contribution in [0.1, 0.15) is 46.8 Å². The molecule has 8 nitrogen and oxygen atoms in total. The normalized spacial score (nSPS) is 16.3. The summed E-state index contributed by atoms with van der Waals surface area (Å²) in [6.45, 7) is 8.37. The summed E-state index contributed by atoms with van der Waals surface area (Å²) >= 11 is 0. The van der Waals surface area contributed by atoms with E-state index >= 15 is 0 Å². The Bertz CT molecular complexity index is 1600. The molecule has 9 heteroatoms. The van der Waals surface area contributed by atoms with Gasteiger partial charge in [-0.2, -0.15) is 0 Å². The topological polar surface area (TPSA) is 97.1 Å². The molecule has 4 aromatic rings. The molecule has 0 aliphatic carbocycles. The number of carbonyl (C=O) groups excluding carboxylic acids is 1. The Morgan fingerprint density at radius 2 is 1.92 bits per heavy atom.